The second kappa shape index (κ2) is 10.3. The molecular formula is C43H27N3S. The first-order valence-corrected chi connectivity index (χ1v) is 16.7. The molecule has 0 radical (unpaired) electrons. The van der Waals surface area contributed by atoms with E-state index >= 15 is 0 Å². The van der Waals surface area contributed by atoms with Crippen LogP contribution in [0.1, 0.15) is 0 Å². The molecule has 0 unspecified atom stereocenters. The Balaban J connectivity index is 1.12. The molecule has 3 nitrogen and oxygen atoms in total. The summed E-state index contributed by atoms with van der Waals surface area (Å²) in [4.78, 5) is 5.08. The van der Waals surface area contributed by atoms with Gasteiger partial charge in [-0.15, -0.1) is 11.3 Å². The average Bonchev–Trinajstić information content (AvgIpc) is 3.82. The molecule has 0 saturated carbocycles. The third-order valence-corrected chi connectivity index (χ3v) is 10.6. The van der Waals surface area contributed by atoms with Crippen LogP contribution in [0.2, 0.25) is 0 Å². The number of nitrogens with zero attached hydrogens (tertiary/aromatic N) is 3. The Kier molecular flexibility index (Phi) is 5.74. The number of imidazole rings is 1. The number of aromatic nitrogens is 3. The van der Waals surface area contributed by atoms with Crippen LogP contribution in [0.15, 0.2) is 164 Å². The first-order chi connectivity index (χ1) is 23.3. The maximum absolute atomic E-state index is 5.08. The van der Waals surface area contributed by atoms with Crippen LogP contribution in [-0.2, 0) is 0 Å². The fourth-order valence-corrected chi connectivity index (χ4v) is 8.45. The Morgan fingerprint density at radius 3 is 1.96 bits per heavy atom. The lowest BCUT2D eigenvalue weighted by Crippen LogP contribution is -1.98. The second-order valence-electron chi connectivity index (χ2n) is 12.0. The molecule has 10 aromatic rings. The molecular weight excluding hydrogens is 591 g/mol. The summed E-state index contributed by atoms with van der Waals surface area (Å²) < 4.78 is 7.31. The van der Waals surface area contributed by atoms with Crippen molar-refractivity contribution in [2.45, 2.75) is 0 Å². The molecule has 7 aromatic carbocycles. The average molecular weight is 618 g/mol. The third-order valence-electron chi connectivity index (χ3n) is 9.35. The zero-order valence-corrected chi connectivity index (χ0v) is 26.2. The van der Waals surface area contributed by atoms with Gasteiger partial charge in [0, 0.05) is 47.9 Å². The maximum atomic E-state index is 5.08. The molecule has 0 saturated heterocycles. The van der Waals surface area contributed by atoms with E-state index < -0.39 is 0 Å². The fourth-order valence-electron chi connectivity index (χ4n) is 7.21. The molecule has 0 spiro atoms. The first kappa shape index (κ1) is 26.3. The molecule has 10 rings (SSSR count). The predicted octanol–water partition coefficient (Wildman–Crippen LogP) is 11.8. The number of hydrogen-bond acceptors (Lipinski definition) is 2. The van der Waals surface area contributed by atoms with Crippen molar-refractivity contribution in [3.8, 4) is 33.9 Å². The number of benzene rings is 7. The Morgan fingerprint density at radius 1 is 0.426 bits per heavy atom. The minimum Gasteiger partial charge on any atom is -0.309 e. The zero-order chi connectivity index (χ0) is 30.9. The number of hydrogen-bond donors (Lipinski definition) is 0. The lowest BCUT2D eigenvalue weighted by Gasteiger charge is -2.12. The van der Waals surface area contributed by atoms with Crippen molar-refractivity contribution in [1.82, 2.24) is 14.1 Å². The summed E-state index contributed by atoms with van der Waals surface area (Å²) >= 11 is 1.88. The van der Waals surface area contributed by atoms with E-state index in [-0.39, 0.29) is 0 Å². The quantitative estimate of drug-likeness (QED) is 0.193. The Hall–Kier alpha value is -5.97. The molecule has 3 aromatic heterocycles. The first-order valence-electron chi connectivity index (χ1n) is 15.9. The normalized spacial score (nSPS) is 11.8. The second-order valence-corrected chi connectivity index (χ2v) is 13.1. The van der Waals surface area contributed by atoms with Gasteiger partial charge in [0.15, 0.2) is 0 Å². The predicted molar refractivity (Wildman–Crippen MR) is 199 cm³/mol. The van der Waals surface area contributed by atoms with E-state index in [4.69, 9.17) is 4.98 Å². The van der Waals surface area contributed by atoms with Crippen LogP contribution in [0.4, 0.5) is 0 Å². The van der Waals surface area contributed by atoms with E-state index in [1.165, 1.54) is 53.1 Å². The number of thiophene rings is 1. The van der Waals surface area contributed by atoms with Gasteiger partial charge in [0.2, 0.25) is 0 Å². The Bertz CT molecular complexity index is 2780. The van der Waals surface area contributed by atoms with Crippen LogP contribution in [0, 0.1) is 0 Å². The maximum Gasteiger partial charge on any atom is 0.145 e. The van der Waals surface area contributed by atoms with Crippen molar-refractivity contribution >= 4 is 64.3 Å². The molecule has 3 heterocycles. The summed E-state index contributed by atoms with van der Waals surface area (Å²) in [5.74, 6) is 0.936. The van der Waals surface area contributed by atoms with Crippen molar-refractivity contribution in [2.24, 2.45) is 0 Å². The van der Waals surface area contributed by atoms with Gasteiger partial charge in [0.1, 0.15) is 5.82 Å². The van der Waals surface area contributed by atoms with Gasteiger partial charge >= 0.3 is 0 Å². The summed E-state index contributed by atoms with van der Waals surface area (Å²) in [6.45, 7) is 0. The standard InChI is InChI=1S/C43H27N3S/c1-2-11-30(12-3-1)46-40-19-8-6-17-37(40)44-43(46)28-21-24-31(25-22-28)45-38-18-7-4-13-33(38)36-27-29(23-26-39(36)45)32-15-10-16-35-34-14-5-9-20-41(34)47-42(32)35/h1-27H. The molecule has 0 aliphatic heterocycles. The lowest BCUT2D eigenvalue weighted by molar-refractivity contribution is 1.10. The highest BCUT2D eigenvalue weighted by Gasteiger charge is 2.17. The highest BCUT2D eigenvalue weighted by atomic mass is 32.1. The lowest BCUT2D eigenvalue weighted by atomic mass is 10.0. The smallest absolute Gasteiger partial charge is 0.145 e. The van der Waals surface area contributed by atoms with Crippen LogP contribution in [0.3, 0.4) is 0 Å². The van der Waals surface area contributed by atoms with Crippen LogP contribution >= 0.6 is 11.3 Å². The summed E-state index contributed by atoms with van der Waals surface area (Å²) in [5, 5.41) is 5.16. The van der Waals surface area contributed by atoms with Crippen molar-refractivity contribution in [3.63, 3.8) is 0 Å². The molecule has 0 bridgehead atoms. The highest BCUT2D eigenvalue weighted by molar-refractivity contribution is 7.26. The topological polar surface area (TPSA) is 22.8 Å². The van der Waals surface area contributed by atoms with Gasteiger partial charge in [-0.05, 0) is 83.9 Å². The number of para-hydroxylation sites is 4. The fraction of sp³-hybridized carbons (Fsp3) is 0. The van der Waals surface area contributed by atoms with Gasteiger partial charge < -0.3 is 4.57 Å². The molecule has 0 amide bonds. The minimum atomic E-state index is 0.936. The minimum absolute atomic E-state index is 0.936. The molecule has 0 N–H and O–H groups in total. The Morgan fingerprint density at radius 2 is 1.09 bits per heavy atom. The highest BCUT2D eigenvalue weighted by Crippen LogP contribution is 2.42. The van der Waals surface area contributed by atoms with Crippen LogP contribution in [-0.4, -0.2) is 14.1 Å². The van der Waals surface area contributed by atoms with Crippen LogP contribution < -0.4 is 0 Å². The van der Waals surface area contributed by atoms with Gasteiger partial charge in [0.25, 0.3) is 0 Å². The summed E-state index contributed by atoms with van der Waals surface area (Å²) in [6, 6.07) is 58.8. The van der Waals surface area contributed by atoms with Gasteiger partial charge in [-0.2, -0.15) is 0 Å². The van der Waals surface area contributed by atoms with Gasteiger partial charge in [0.05, 0.1) is 22.1 Å². The summed E-state index contributed by atoms with van der Waals surface area (Å²) in [6.07, 6.45) is 0. The van der Waals surface area contributed by atoms with Gasteiger partial charge in [-0.3, -0.25) is 4.57 Å². The van der Waals surface area contributed by atoms with E-state index in [1.54, 1.807) is 0 Å². The SMILES string of the molecule is c1ccc(-n2c(-c3ccc(-n4c5ccccc5c5cc(-c6cccc7c6sc6ccccc67)ccc54)cc3)nc3ccccc32)cc1. The van der Waals surface area contributed by atoms with E-state index in [1.807, 2.05) is 17.4 Å². The summed E-state index contributed by atoms with van der Waals surface area (Å²) in [7, 11) is 0. The molecule has 4 heteroatoms. The molecule has 0 aliphatic carbocycles. The molecule has 220 valence electrons. The van der Waals surface area contributed by atoms with Crippen molar-refractivity contribution < 1.29 is 0 Å². The van der Waals surface area contributed by atoms with Gasteiger partial charge in [-0.25, -0.2) is 4.98 Å². The van der Waals surface area contributed by atoms with E-state index in [2.05, 4.69) is 167 Å². The van der Waals surface area contributed by atoms with Crippen molar-refractivity contribution in [2.75, 3.05) is 0 Å². The molecule has 0 fully saturated rings. The van der Waals surface area contributed by atoms with E-state index in [0.717, 1.165) is 33.8 Å². The van der Waals surface area contributed by atoms with Crippen molar-refractivity contribution in [3.05, 3.63) is 164 Å². The number of rotatable bonds is 4. The largest absolute Gasteiger partial charge is 0.309 e. The third kappa shape index (κ3) is 4.02. The zero-order valence-electron chi connectivity index (χ0n) is 25.3. The van der Waals surface area contributed by atoms with Gasteiger partial charge in [-0.1, -0.05) is 91.0 Å². The Labute approximate surface area is 275 Å². The van der Waals surface area contributed by atoms with E-state index in [0.29, 0.717) is 0 Å². The van der Waals surface area contributed by atoms with Crippen molar-refractivity contribution in [1.29, 1.82) is 0 Å². The molecule has 0 atom stereocenters. The monoisotopic (exact) mass is 617 g/mol. The van der Waals surface area contributed by atoms with Crippen LogP contribution in [0.5, 0.6) is 0 Å². The molecule has 47 heavy (non-hydrogen) atoms. The van der Waals surface area contributed by atoms with Crippen LogP contribution in [0.25, 0.3) is 86.9 Å². The van der Waals surface area contributed by atoms with E-state index in [9.17, 15) is 0 Å². The number of fused-ring (bicyclic) bond motifs is 7. The molecule has 0 aliphatic rings. The summed E-state index contributed by atoms with van der Waals surface area (Å²) in [5.41, 5.74) is 10.3.